The molecule has 11 nitrogen and oxygen atoms in total. The molecule has 2 amide bonds. The number of hydrogen-bond donors (Lipinski definition) is 3. The van der Waals surface area contributed by atoms with Crippen LogP contribution in [-0.4, -0.2) is 52.7 Å². The summed E-state index contributed by atoms with van der Waals surface area (Å²) >= 11 is 0. The van der Waals surface area contributed by atoms with E-state index in [2.05, 4.69) is 20.7 Å². The van der Waals surface area contributed by atoms with Gasteiger partial charge in [-0.3, -0.25) is 14.3 Å². The van der Waals surface area contributed by atoms with Gasteiger partial charge in [0.2, 0.25) is 5.91 Å². The van der Waals surface area contributed by atoms with Crippen molar-refractivity contribution in [2.24, 2.45) is 11.7 Å². The second kappa shape index (κ2) is 9.73. The Morgan fingerprint density at radius 3 is 2.63 bits per heavy atom. The van der Waals surface area contributed by atoms with Gasteiger partial charge in [0, 0.05) is 41.9 Å². The molecule has 1 spiro atoms. The lowest BCUT2D eigenvalue weighted by Crippen LogP contribution is -2.49. The predicted octanol–water partition coefficient (Wildman–Crippen LogP) is 3.61. The molecule has 6 rings (SSSR count). The molecule has 1 atom stereocenters. The molecule has 2 aliphatic carbocycles. The number of benzene rings is 1. The van der Waals surface area contributed by atoms with E-state index in [1.807, 2.05) is 29.1 Å². The van der Waals surface area contributed by atoms with Crippen molar-refractivity contribution in [2.75, 3.05) is 31.0 Å². The number of aromatic nitrogens is 3. The van der Waals surface area contributed by atoms with Gasteiger partial charge >= 0.3 is 0 Å². The van der Waals surface area contributed by atoms with E-state index in [4.69, 9.17) is 19.9 Å². The second-order valence-electron chi connectivity index (χ2n) is 9.88. The van der Waals surface area contributed by atoms with Crippen LogP contribution in [0.2, 0.25) is 0 Å². The third-order valence-corrected chi connectivity index (χ3v) is 7.67. The monoisotopic (exact) mass is 518 g/mol. The van der Waals surface area contributed by atoms with Crippen LogP contribution in [0.3, 0.4) is 0 Å². The molecule has 2 aromatic heterocycles. The molecule has 1 aliphatic heterocycles. The molecule has 4 N–H and O–H groups in total. The van der Waals surface area contributed by atoms with E-state index in [1.54, 1.807) is 19.4 Å². The highest BCUT2D eigenvalue weighted by molar-refractivity contribution is 6.01. The van der Waals surface area contributed by atoms with Crippen LogP contribution in [0.15, 0.2) is 42.9 Å². The average Bonchev–Trinajstić information content (AvgIpc) is 3.54. The van der Waals surface area contributed by atoms with Crippen molar-refractivity contribution in [1.82, 2.24) is 14.8 Å². The van der Waals surface area contributed by atoms with E-state index < -0.39 is 11.7 Å². The lowest BCUT2D eigenvalue weighted by atomic mass is 9.85. The molecule has 0 radical (unpaired) electrons. The number of ether oxygens (including phenoxy) is 3. The Kier molecular flexibility index (Phi) is 6.24. The van der Waals surface area contributed by atoms with Gasteiger partial charge in [-0.1, -0.05) is 18.6 Å². The summed E-state index contributed by atoms with van der Waals surface area (Å²) in [7, 11) is 1.58. The largest absolute Gasteiger partial charge is 0.494 e. The van der Waals surface area contributed by atoms with E-state index in [9.17, 15) is 9.59 Å². The molecule has 1 aromatic carbocycles. The summed E-state index contributed by atoms with van der Waals surface area (Å²) in [6, 6.07) is 7.30. The van der Waals surface area contributed by atoms with Gasteiger partial charge in [0.25, 0.3) is 5.91 Å². The maximum atomic E-state index is 12.4. The zero-order valence-electron chi connectivity index (χ0n) is 21.1. The summed E-state index contributed by atoms with van der Waals surface area (Å²) < 4.78 is 19.5. The molecule has 1 saturated heterocycles. The number of nitrogens with zero attached hydrogens (tertiary/aromatic N) is 3. The Labute approximate surface area is 219 Å². The number of methoxy groups -OCH3 is 1. The minimum absolute atomic E-state index is 0.00308. The van der Waals surface area contributed by atoms with Gasteiger partial charge in [-0.2, -0.15) is 5.10 Å². The van der Waals surface area contributed by atoms with Gasteiger partial charge in [0.05, 0.1) is 43.5 Å². The quantitative estimate of drug-likeness (QED) is 0.410. The van der Waals surface area contributed by atoms with Crippen LogP contribution < -0.4 is 21.1 Å². The molecular formula is C27H30N6O5. The summed E-state index contributed by atoms with van der Waals surface area (Å²) in [4.78, 5) is 28.8. The van der Waals surface area contributed by atoms with Gasteiger partial charge in [-0.15, -0.1) is 0 Å². The van der Waals surface area contributed by atoms with E-state index in [-0.39, 0.29) is 23.4 Å². The van der Waals surface area contributed by atoms with E-state index >= 15 is 0 Å². The maximum absolute atomic E-state index is 12.4. The van der Waals surface area contributed by atoms with Gasteiger partial charge in [-0.05, 0) is 25.3 Å². The number of nitrogens with two attached hydrogens (primary N) is 1. The Hall–Kier alpha value is -3.96. The van der Waals surface area contributed by atoms with Crippen molar-refractivity contribution in [3.05, 3.63) is 48.4 Å². The summed E-state index contributed by atoms with van der Waals surface area (Å²) in [6.07, 6.45) is 9.70. The van der Waals surface area contributed by atoms with E-state index in [0.717, 1.165) is 43.2 Å². The molecular weight excluding hydrogens is 488 g/mol. The lowest BCUT2D eigenvalue weighted by molar-refractivity contribution is -0.242. The Morgan fingerprint density at radius 2 is 1.97 bits per heavy atom. The zero-order valence-corrected chi connectivity index (χ0v) is 21.1. The van der Waals surface area contributed by atoms with Crippen molar-refractivity contribution < 1.29 is 23.8 Å². The van der Waals surface area contributed by atoms with Crippen molar-refractivity contribution >= 4 is 29.0 Å². The van der Waals surface area contributed by atoms with Crippen LogP contribution in [0, 0.1) is 5.92 Å². The van der Waals surface area contributed by atoms with Gasteiger partial charge < -0.3 is 30.6 Å². The first-order valence-electron chi connectivity index (χ1n) is 12.8. The SMILES string of the molecule is COc1c(Nc2cc(NC(=O)C3CCC3)ncc2C(N)=O)cccc1-c1cnn(C2CCC23OCCO3)c1. The minimum atomic E-state index is -0.640. The van der Waals surface area contributed by atoms with Crippen molar-refractivity contribution in [2.45, 2.75) is 43.9 Å². The van der Waals surface area contributed by atoms with Crippen LogP contribution in [-0.2, 0) is 14.3 Å². The highest BCUT2D eigenvalue weighted by Crippen LogP contribution is 2.48. The first-order chi connectivity index (χ1) is 18.5. The van der Waals surface area contributed by atoms with Crippen LogP contribution in [0.4, 0.5) is 17.2 Å². The second-order valence-corrected chi connectivity index (χ2v) is 9.88. The predicted molar refractivity (Wildman–Crippen MR) is 139 cm³/mol. The number of carbonyl (C=O) groups excluding carboxylic acids is 2. The normalized spacial score (nSPS) is 20.0. The molecule has 1 unspecified atom stereocenters. The molecule has 2 saturated carbocycles. The van der Waals surface area contributed by atoms with Crippen LogP contribution in [0.5, 0.6) is 5.75 Å². The van der Waals surface area contributed by atoms with Crippen LogP contribution in [0.25, 0.3) is 11.1 Å². The molecule has 38 heavy (non-hydrogen) atoms. The summed E-state index contributed by atoms with van der Waals surface area (Å²) in [5.41, 5.74) is 8.52. The number of amides is 2. The molecule has 11 heteroatoms. The number of nitrogens with one attached hydrogen (secondary N) is 2. The topological polar surface area (TPSA) is 143 Å². The van der Waals surface area contributed by atoms with Crippen LogP contribution >= 0.6 is 0 Å². The van der Waals surface area contributed by atoms with E-state index in [0.29, 0.717) is 36.2 Å². The summed E-state index contributed by atoms with van der Waals surface area (Å²) in [6.45, 7) is 1.20. The van der Waals surface area contributed by atoms with Crippen molar-refractivity contribution in [3.63, 3.8) is 0 Å². The third-order valence-electron chi connectivity index (χ3n) is 7.67. The number of hydrogen-bond acceptors (Lipinski definition) is 8. The number of pyridine rings is 1. The lowest BCUT2D eigenvalue weighted by Gasteiger charge is -2.44. The number of primary amides is 1. The molecule has 3 aliphatic rings. The number of rotatable bonds is 8. The number of para-hydroxylation sites is 1. The molecule has 198 valence electrons. The fourth-order valence-corrected chi connectivity index (χ4v) is 5.25. The zero-order chi connectivity index (χ0) is 26.3. The van der Waals surface area contributed by atoms with Crippen molar-refractivity contribution in [1.29, 1.82) is 0 Å². The number of carbonyl (C=O) groups is 2. The fourth-order valence-electron chi connectivity index (χ4n) is 5.25. The highest BCUT2D eigenvalue weighted by atomic mass is 16.7. The molecule has 3 heterocycles. The Bertz CT molecular complexity index is 1380. The highest BCUT2D eigenvalue weighted by Gasteiger charge is 2.53. The van der Waals surface area contributed by atoms with Crippen molar-refractivity contribution in [3.8, 4) is 16.9 Å². The van der Waals surface area contributed by atoms with Crippen LogP contribution in [0.1, 0.15) is 48.5 Å². The first-order valence-corrected chi connectivity index (χ1v) is 12.8. The van der Waals surface area contributed by atoms with Gasteiger partial charge in [0.15, 0.2) is 5.79 Å². The molecule has 3 fully saturated rings. The maximum Gasteiger partial charge on any atom is 0.252 e. The van der Waals surface area contributed by atoms with Gasteiger partial charge in [-0.25, -0.2) is 4.98 Å². The molecule has 3 aromatic rings. The smallest absolute Gasteiger partial charge is 0.252 e. The standard InChI is InChI=1S/C27H30N6O5/c1-36-24-18(17-13-30-33(15-17)22-8-9-27(22)37-10-11-38-27)6-3-7-20(24)31-21-12-23(29-14-19(21)25(28)34)32-26(35)16-4-2-5-16/h3,6-7,12-16,22H,2,4-5,8-11H2,1H3,(H2,28,34)(H2,29,31,32,35). The Balaban J connectivity index is 1.28. The van der Waals surface area contributed by atoms with Gasteiger partial charge in [0.1, 0.15) is 17.6 Å². The minimum Gasteiger partial charge on any atom is -0.494 e. The first kappa shape index (κ1) is 24.4. The fraction of sp³-hybridized carbons (Fsp3) is 0.407. The summed E-state index contributed by atoms with van der Waals surface area (Å²) in [5.74, 6) is -0.371. The summed E-state index contributed by atoms with van der Waals surface area (Å²) in [5, 5.41) is 10.7. The molecule has 0 bridgehead atoms. The Morgan fingerprint density at radius 1 is 1.16 bits per heavy atom. The third kappa shape index (κ3) is 4.27. The van der Waals surface area contributed by atoms with E-state index in [1.165, 1.54) is 6.20 Å². The average molecular weight is 519 g/mol. The number of anilines is 3.